The van der Waals surface area contributed by atoms with E-state index in [9.17, 15) is 4.79 Å². The smallest absolute Gasteiger partial charge is 0.251 e. The number of nitrogens with two attached hydrogens (primary N) is 1. The fourth-order valence-corrected chi connectivity index (χ4v) is 1.50. The first-order chi connectivity index (χ1) is 8.00. The predicted octanol–water partition coefficient (Wildman–Crippen LogP) is 1.73. The first-order valence-corrected chi connectivity index (χ1v) is 5.76. The molecule has 1 rings (SSSR count). The number of ether oxygens (including phenoxy) is 1. The largest absolute Gasteiger partial charge is 0.399 e. The van der Waals surface area contributed by atoms with Gasteiger partial charge >= 0.3 is 0 Å². The lowest BCUT2D eigenvalue weighted by Gasteiger charge is -2.10. The first-order valence-electron chi connectivity index (χ1n) is 5.76. The van der Waals surface area contributed by atoms with Crippen LogP contribution >= 0.6 is 0 Å². The van der Waals surface area contributed by atoms with Gasteiger partial charge in [-0.05, 0) is 44.5 Å². The Morgan fingerprint density at radius 3 is 2.76 bits per heavy atom. The quantitative estimate of drug-likeness (QED) is 0.604. The topological polar surface area (TPSA) is 64.4 Å². The van der Waals surface area contributed by atoms with Gasteiger partial charge in [0.05, 0.1) is 12.7 Å². The van der Waals surface area contributed by atoms with Crippen LogP contribution in [0.25, 0.3) is 0 Å². The van der Waals surface area contributed by atoms with Gasteiger partial charge in [0.25, 0.3) is 5.91 Å². The second-order valence-corrected chi connectivity index (χ2v) is 4.25. The molecule has 0 aromatic heterocycles. The first kappa shape index (κ1) is 13.5. The normalized spacial score (nSPS) is 10.6. The Kier molecular flexibility index (Phi) is 4.97. The zero-order valence-electron chi connectivity index (χ0n) is 10.6. The van der Waals surface area contributed by atoms with Gasteiger partial charge in [0.15, 0.2) is 0 Å². The lowest BCUT2D eigenvalue weighted by molar-refractivity contribution is 0.0746. The summed E-state index contributed by atoms with van der Waals surface area (Å²) >= 11 is 0. The van der Waals surface area contributed by atoms with Crippen molar-refractivity contribution in [3.05, 3.63) is 29.3 Å². The molecule has 4 nitrogen and oxygen atoms in total. The Bertz CT molecular complexity index is 389. The predicted molar refractivity (Wildman–Crippen MR) is 69.0 cm³/mol. The maximum absolute atomic E-state index is 11.8. The van der Waals surface area contributed by atoms with E-state index in [0.717, 1.165) is 5.56 Å². The van der Waals surface area contributed by atoms with Gasteiger partial charge in [-0.2, -0.15) is 0 Å². The van der Waals surface area contributed by atoms with Crippen LogP contribution in [0.4, 0.5) is 5.69 Å². The molecule has 1 amide bonds. The molecule has 0 aliphatic carbocycles. The number of carbonyl (C=O) groups is 1. The monoisotopic (exact) mass is 236 g/mol. The molecule has 17 heavy (non-hydrogen) atoms. The van der Waals surface area contributed by atoms with Crippen LogP contribution in [0.2, 0.25) is 0 Å². The van der Waals surface area contributed by atoms with Gasteiger partial charge in [0, 0.05) is 17.8 Å². The third kappa shape index (κ3) is 4.44. The second-order valence-electron chi connectivity index (χ2n) is 4.25. The Hall–Kier alpha value is -1.55. The number of amides is 1. The molecule has 3 N–H and O–H groups in total. The average molecular weight is 236 g/mol. The Balaban J connectivity index is 2.47. The van der Waals surface area contributed by atoms with E-state index in [2.05, 4.69) is 5.32 Å². The van der Waals surface area contributed by atoms with Crippen molar-refractivity contribution < 1.29 is 9.53 Å². The van der Waals surface area contributed by atoms with Gasteiger partial charge in [-0.25, -0.2) is 0 Å². The number of anilines is 1. The van der Waals surface area contributed by atoms with Gasteiger partial charge < -0.3 is 15.8 Å². The minimum Gasteiger partial charge on any atom is -0.399 e. The molecule has 1 aromatic carbocycles. The van der Waals surface area contributed by atoms with Gasteiger partial charge in [-0.1, -0.05) is 0 Å². The molecule has 0 bridgehead atoms. The summed E-state index contributed by atoms with van der Waals surface area (Å²) in [4.78, 5) is 11.8. The van der Waals surface area contributed by atoms with Crippen LogP contribution in [-0.2, 0) is 4.74 Å². The molecule has 1 aromatic rings. The highest BCUT2D eigenvalue weighted by Crippen LogP contribution is 2.11. The molecule has 0 radical (unpaired) electrons. The highest BCUT2D eigenvalue weighted by atomic mass is 16.5. The Labute approximate surface area is 102 Å². The fourth-order valence-electron chi connectivity index (χ4n) is 1.50. The number of nitrogen functional groups attached to an aromatic ring is 1. The van der Waals surface area contributed by atoms with E-state index < -0.39 is 0 Å². The molecule has 0 saturated carbocycles. The lowest BCUT2D eigenvalue weighted by Crippen LogP contribution is -2.28. The number of hydrogen-bond donors (Lipinski definition) is 2. The summed E-state index contributed by atoms with van der Waals surface area (Å²) in [6.07, 6.45) is 0.185. The number of benzene rings is 1. The minimum absolute atomic E-state index is 0.0881. The van der Waals surface area contributed by atoms with Crippen molar-refractivity contribution >= 4 is 11.6 Å². The molecule has 0 spiro atoms. The van der Waals surface area contributed by atoms with Gasteiger partial charge in [-0.15, -0.1) is 0 Å². The van der Waals surface area contributed by atoms with Crippen molar-refractivity contribution in [2.45, 2.75) is 26.9 Å². The molecule has 0 heterocycles. The van der Waals surface area contributed by atoms with E-state index in [0.29, 0.717) is 24.4 Å². The fraction of sp³-hybridized carbons (Fsp3) is 0.462. The average Bonchev–Trinajstić information content (AvgIpc) is 2.23. The molecule has 0 aliphatic heterocycles. The summed E-state index contributed by atoms with van der Waals surface area (Å²) in [6, 6.07) is 5.26. The number of carbonyl (C=O) groups excluding carboxylic acids is 1. The molecule has 94 valence electrons. The SMILES string of the molecule is Cc1cc(N)ccc1C(=O)NCCOC(C)C. The Morgan fingerprint density at radius 1 is 1.47 bits per heavy atom. The number of aryl methyl sites for hydroxylation is 1. The summed E-state index contributed by atoms with van der Waals surface area (Å²) in [5, 5.41) is 2.81. The van der Waals surface area contributed by atoms with Crippen molar-refractivity contribution in [3.63, 3.8) is 0 Å². The highest BCUT2D eigenvalue weighted by Gasteiger charge is 2.08. The molecule has 0 fully saturated rings. The molecular weight excluding hydrogens is 216 g/mol. The van der Waals surface area contributed by atoms with Crippen LogP contribution in [0, 0.1) is 6.92 Å². The third-order valence-electron chi connectivity index (χ3n) is 2.33. The number of nitrogens with one attached hydrogen (secondary N) is 1. The lowest BCUT2D eigenvalue weighted by atomic mass is 10.1. The van der Waals surface area contributed by atoms with Crippen molar-refractivity contribution in [2.24, 2.45) is 0 Å². The molecule has 0 saturated heterocycles. The van der Waals surface area contributed by atoms with E-state index in [1.54, 1.807) is 18.2 Å². The van der Waals surface area contributed by atoms with Crippen molar-refractivity contribution in [2.75, 3.05) is 18.9 Å². The summed E-state index contributed by atoms with van der Waals surface area (Å²) in [5.74, 6) is -0.0881. The van der Waals surface area contributed by atoms with Crippen LogP contribution in [-0.4, -0.2) is 25.2 Å². The summed E-state index contributed by atoms with van der Waals surface area (Å²) in [7, 11) is 0. The van der Waals surface area contributed by atoms with Crippen LogP contribution < -0.4 is 11.1 Å². The van der Waals surface area contributed by atoms with Gasteiger partial charge in [0.1, 0.15) is 0 Å². The third-order valence-corrected chi connectivity index (χ3v) is 2.33. The molecule has 0 aliphatic rings. The number of rotatable bonds is 5. The van der Waals surface area contributed by atoms with Gasteiger partial charge in [-0.3, -0.25) is 4.79 Å². The van der Waals surface area contributed by atoms with Crippen molar-refractivity contribution in [1.29, 1.82) is 0 Å². The minimum atomic E-state index is -0.0881. The standard InChI is InChI=1S/C13H20N2O2/c1-9(2)17-7-6-15-13(16)12-5-4-11(14)8-10(12)3/h4-5,8-9H,6-7,14H2,1-3H3,(H,15,16). The summed E-state index contributed by atoms with van der Waals surface area (Å²) in [6.45, 7) is 6.84. The molecular formula is C13H20N2O2. The zero-order chi connectivity index (χ0) is 12.8. The van der Waals surface area contributed by atoms with E-state index in [4.69, 9.17) is 10.5 Å². The molecule has 0 atom stereocenters. The molecule has 4 heteroatoms. The van der Waals surface area contributed by atoms with Crippen LogP contribution in [0.1, 0.15) is 29.8 Å². The second kappa shape index (κ2) is 6.25. The Morgan fingerprint density at radius 2 is 2.18 bits per heavy atom. The van der Waals surface area contributed by atoms with Crippen molar-refractivity contribution in [3.8, 4) is 0 Å². The summed E-state index contributed by atoms with van der Waals surface area (Å²) < 4.78 is 5.34. The van der Waals surface area contributed by atoms with E-state index in [1.165, 1.54) is 0 Å². The maximum Gasteiger partial charge on any atom is 0.251 e. The van der Waals surface area contributed by atoms with Crippen molar-refractivity contribution in [1.82, 2.24) is 5.32 Å². The van der Waals surface area contributed by atoms with E-state index in [1.807, 2.05) is 20.8 Å². The molecule has 0 unspecified atom stereocenters. The van der Waals surface area contributed by atoms with E-state index in [-0.39, 0.29) is 12.0 Å². The number of hydrogen-bond acceptors (Lipinski definition) is 3. The zero-order valence-corrected chi connectivity index (χ0v) is 10.6. The van der Waals surface area contributed by atoms with E-state index >= 15 is 0 Å². The van der Waals surface area contributed by atoms with Crippen LogP contribution in [0.5, 0.6) is 0 Å². The maximum atomic E-state index is 11.8. The highest BCUT2D eigenvalue weighted by molar-refractivity contribution is 5.95. The van der Waals surface area contributed by atoms with Crippen LogP contribution in [0.15, 0.2) is 18.2 Å². The van der Waals surface area contributed by atoms with Gasteiger partial charge in [0.2, 0.25) is 0 Å². The van der Waals surface area contributed by atoms with Crippen LogP contribution in [0.3, 0.4) is 0 Å². The summed E-state index contributed by atoms with van der Waals surface area (Å²) in [5.41, 5.74) is 7.84.